The summed E-state index contributed by atoms with van der Waals surface area (Å²) in [6.45, 7) is 5.54. The van der Waals surface area contributed by atoms with Crippen LogP contribution in [0.25, 0.3) is 0 Å². The van der Waals surface area contributed by atoms with Crippen molar-refractivity contribution in [2.24, 2.45) is 0 Å². The lowest BCUT2D eigenvalue weighted by atomic mass is 9.70. The molecule has 0 aliphatic carbocycles. The van der Waals surface area contributed by atoms with E-state index in [1.165, 1.54) is 0 Å². The molecule has 0 unspecified atom stereocenters. The van der Waals surface area contributed by atoms with Crippen molar-refractivity contribution in [1.29, 1.82) is 0 Å². The molecule has 0 atom stereocenters. The Morgan fingerprint density at radius 3 is 2.00 bits per heavy atom. The Labute approximate surface area is 249 Å². The van der Waals surface area contributed by atoms with Crippen LogP contribution in [-0.2, 0) is 25.3 Å². The van der Waals surface area contributed by atoms with E-state index in [-0.39, 0.29) is 12.5 Å². The van der Waals surface area contributed by atoms with Gasteiger partial charge in [0.1, 0.15) is 11.2 Å². The van der Waals surface area contributed by atoms with E-state index in [1.807, 2.05) is 59.5 Å². The van der Waals surface area contributed by atoms with Gasteiger partial charge in [0.2, 0.25) is 5.91 Å². The highest BCUT2D eigenvalue weighted by atomic mass is 16.6. The second kappa shape index (κ2) is 13.5. The van der Waals surface area contributed by atoms with Crippen LogP contribution in [0.1, 0.15) is 55.7 Å². The molecule has 42 heavy (non-hydrogen) atoms. The quantitative estimate of drug-likeness (QED) is 0.330. The third-order valence-corrected chi connectivity index (χ3v) is 8.82. The highest BCUT2D eigenvalue weighted by Crippen LogP contribution is 2.41. The van der Waals surface area contributed by atoms with Crippen molar-refractivity contribution < 1.29 is 24.2 Å². The second-order valence-corrected chi connectivity index (χ2v) is 11.3. The van der Waals surface area contributed by atoms with E-state index >= 15 is 0 Å². The molecule has 0 bridgehead atoms. The van der Waals surface area contributed by atoms with E-state index in [1.54, 1.807) is 13.0 Å². The number of amides is 1. The molecule has 7 nitrogen and oxygen atoms in total. The number of carbonyl (C=O) groups is 2. The Morgan fingerprint density at radius 2 is 1.40 bits per heavy atom. The number of hydrogen-bond acceptors (Lipinski definition) is 6. The van der Waals surface area contributed by atoms with Gasteiger partial charge in [0.15, 0.2) is 6.61 Å². The van der Waals surface area contributed by atoms with Crippen molar-refractivity contribution in [3.05, 3.63) is 102 Å². The van der Waals surface area contributed by atoms with Crippen LogP contribution in [0.4, 0.5) is 0 Å². The molecule has 7 heteroatoms. The van der Waals surface area contributed by atoms with Gasteiger partial charge in [0.05, 0.1) is 12.2 Å². The molecule has 1 N–H and O–H groups in total. The summed E-state index contributed by atoms with van der Waals surface area (Å²) in [5.74, 6) is 0.251. The van der Waals surface area contributed by atoms with Crippen molar-refractivity contribution in [2.45, 2.75) is 50.0 Å². The van der Waals surface area contributed by atoms with Crippen molar-refractivity contribution in [3.63, 3.8) is 0 Å². The summed E-state index contributed by atoms with van der Waals surface area (Å²) in [7, 11) is 0. The van der Waals surface area contributed by atoms with Gasteiger partial charge in [0, 0.05) is 31.7 Å². The minimum atomic E-state index is -1.07. The Balaban J connectivity index is 1.34. The summed E-state index contributed by atoms with van der Waals surface area (Å²) in [6, 6.07) is 27.8. The molecule has 222 valence electrons. The summed E-state index contributed by atoms with van der Waals surface area (Å²) in [5, 5.41) is 11.7. The lowest BCUT2D eigenvalue weighted by molar-refractivity contribution is -0.145. The van der Waals surface area contributed by atoms with Crippen LogP contribution in [0, 0.1) is 0 Å². The lowest BCUT2D eigenvalue weighted by Gasteiger charge is -2.42. The van der Waals surface area contributed by atoms with Crippen molar-refractivity contribution in [2.75, 3.05) is 45.9 Å². The molecule has 2 aliphatic rings. The smallest absolute Gasteiger partial charge is 0.344 e. The van der Waals surface area contributed by atoms with Crippen LogP contribution in [0.15, 0.2) is 84.9 Å². The van der Waals surface area contributed by atoms with Gasteiger partial charge in [-0.2, -0.15) is 0 Å². The number of nitrogens with zero attached hydrogens (tertiary/aromatic N) is 2. The molecule has 0 radical (unpaired) electrons. The number of likely N-dealkylation sites (tertiary alicyclic amines) is 2. The zero-order valence-electron chi connectivity index (χ0n) is 24.5. The van der Waals surface area contributed by atoms with Crippen molar-refractivity contribution in [3.8, 4) is 5.75 Å². The molecular weight excluding hydrogens is 528 g/mol. The molecule has 0 spiro atoms. The number of benzene rings is 3. The third kappa shape index (κ3) is 6.37. The van der Waals surface area contributed by atoms with E-state index in [0.29, 0.717) is 50.3 Å². The molecule has 3 aromatic carbocycles. The maximum absolute atomic E-state index is 14.4. The fourth-order valence-corrected chi connectivity index (χ4v) is 6.50. The number of aliphatic hydroxyl groups is 1. The first-order chi connectivity index (χ1) is 20.5. The van der Waals surface area contributed by atoms with Gasteiger partial charge in [-0.05, 0) is 62.8 Å². The Bertz CT molecular complexity index is 1280. The normalized spacial score (nSPS) is 17.1. The summed E-state index contributed by atoms with van der Waals surface area (Å²) in [6.07, 6.45) is 3.78. The number of esters is 1. The lowest BCUT2D eigenvalue weighted by Crippen LogP contribution is -2.50. The van der Waals surface area contributed by atoms with Crippen LogP contribution < -0.4 is 4.74 Å². The van der Waals surface area contributed by atoms with Crippen LogP contribution in [0.2, 0.25) is 0 Å². The van der Waals surface area contributed by atoms with Gasteiger partial charge in [0.25, 0.3) is 0 Å². The topological polar surface area (TPSA) is 79.3 Å². The van der Waals surface area contributed by atoms with E-state index in [0.717, 1.165) is 43.6 Å². The van der Waals surface area contributed by atoms with Gasteiger partial charge >= 0.3 is 5.97 Å². The van der Waals surface area contributed by atoms with E-state index < -0.39 is 17.0 Å². The zero-order valence-corrected chi connectivity index (χ0v) is 24.5. The predicted octanol–water partition coefficient (Wildman–Crippen LogP) is 4.91. The highest BCUT2D eigenvalue weighted by Gasteiger charge is 2.45. The SMILES string of the molecule is CCOC(=O)COc1ccccc1C1(O)CCN(CCC(C(=O)N2CCCC2)(c2ccccc2)c2ccccc2)CC1. The molecule has 2 saturated heterocycles. The van der Waals surface area contributed by atoms with Crippen LogP contribution in [-0.4, -0.2) is 72.7 Å². The van der Waals surface area contributed by atoms with Crippen LogP contribution >= 0.6 is 0 Å². The van der Waals surface area contributed by atoms with Gasteiger partial charge in [-0.3, -0.25) is 4.79 Å². The molecule has 0 aromatic heterocycles. The van der Waals surface area contributed by atoms with Crippen LogP contribution in [0.3, 0.4) is 0 Å². The zero-order chi connectivity index (χ0) is 29.4. The van der Waals surface area contributed by atoms with Crippen LogP contribution in [0.5, 0.6) is 5.75 Å². The average molecular weight is 571 g/mol. The van der Waals surface area contributed by atoms with Gasteiger partial charge in [-0.15, -0.1) is 0 Å². The number of rotatable bonds is 11. The maximum atomic E-state index is 14.4. The molecule has 2 heterocycles. The predicted molar refractivity (Wildman–Crippen MR) is 162 cm³/mol. The van der Waals surface area contributed by atoms with Gasteiger partial charge in [-0.1, -0.05) is 78.9 Å². The Morgan fingerprint density at radius 1 is 0.833 bits per heavy atom. The first kappa shape index (κ1) is 29.8. The molecule has 0 saturated carbocycles. The fraction of sp³-hybridized carbons (Fsp3) is 0.429. The minimum Gasteiger partial charge on any atom is -0.482 e. The molecule has 2 aliphatic heterocycles. The standard InChI is InChI=1S/C35H42N2O5/c1-2-41-32(38)27-42-31-18-10-9-17-30(31)34(40)19-24-36(25-20-34)26-21-35(28-13-5-3-6-14-28,29-15-7-4-8-16-29)33(39)37-22-11-12-23-37/h3-10,13-18,40H,2,11-12,19-27H2,1H3. The number of carbonyl (C=O) groups excluding carboxylic acids is 2. The van der Waals surface area contributed by atoms with Crippen molar-refractivity contribution in [1.82, 2.24) is 9.80 Å². The highest BCUT2D eigenvalue weighted by molar-refractivity contribution is 5.92. The monoisotopic (exact) mass is 570 g/mol. The Kier molecular flexibility index (Phi) is 9.60. The van der Waals surface area contributed by atoms with Gasteiger partial charge in [-0.25, -0.2) is 4.79 Å². The van der Waals surface area contributed by atoms with E-state index in [2.05, 4.69) is 29.2 Å². The number of piperidine rings is 1. The molecule has 1 amide bonds. The number of hydrogen-bond donors (Lipinski definition) is 1. The molecule has 2 fully saturated rings. The first-order valence-electron chi connectivity index (χ1n) is 15.2. The first-order valence-corrected chi connectivity index (χ1v) is 15.2. The number of para-hydroxylation sites is 1. The molecular formula is C35H42N2O5. The Hall–Kier alpha value is -3.68. The second-order valence-electron chi connectivity index (χ2n) is 11.3. The summed E-state index contributed by atoms with van der Waals surface area (Å²) >= 11 is 0. The fourth-order valence-electron chi connectivity index (χ4n) is 6.50. The van der Waals surface area contributed by atoms with Crippen molar-refractivity contribution >= 4 is 11.9 Å². The summed E-state index contributed by atoms with van der Waals surface area (Å²) in [4.78, 5) is 30.7. The maximum Gasteiger partial charge on any atom is 0.344 e. The largest absolute Gasteiger partial charge is 0.482 e. The molecule has 5 rings (SSSR count). The third-order valence-electron chi connectivity index (χ3n) is 8.82. The number of ether oxygens (including phenoxy) is 2. The molecule has 3 aromatic rings. The van der Waals surface area contributed by atoms with E-state index in [4.69, 9.17) is 9.47 Å². The minimum absolute atomic E-state index is 0.179. The summed E-state index contributed by atoms with van der Waals surface area (Å²) in [5.41, 5.74) is 0.890. The average Bonchev–Trinajstić information content (AvgIpc) is 3.58. The summed E-state index contributed by atoms with van der Waals surface area (Å²) < 4.78 is 10.8. The van der Waals surface area contributed by atoms with Gasteiger partial charge < -0.3 is 24.4 Å². The van der Waals surface area contributed by atoms with E-state index in [9.17, 15) is 14.7 Å².